The van der Waals surface area contributed by atoms with Crippen LogP contribution in [-0.2, 0) is 0 Å². The molecule has 19 heavy (non-hydrogen) atoms. The van der Waals surface area contributed by atoms with Gasteiger partial charge in [-0.05, 0) is 56.1 Å². The molecule has 2 bridgehead atoms. The maximum absolute atomic E-state index is 13.7. The largest absolute Gasteiger partial charge is 0.493 e. The Labute approximate surface area is 113 Å². The molecule has 1 aromatic carbocycles. The van der Waals surface area contributed by atoms with E-state index in [1.807, 2.05) is 0 Å². The zero-order chi connectivity index (χ0) is 13.4. The highest BCUT2D eigenvalue weighted by molar-refractivity contribution is 5.30. The molecule has 2 fully saturated rings. The Morgan fingerprint density at radius 1 is 1.37 bits per heavy atom. The van der Waals surface area contributed by atoms with Gasteiger partial charge in [-0.3, -0.25) is 0 Å². The SMILES string of the molecule is C[C@H](O)c1ccc(OCC2CC3CCC2C3)cc1F. The summed E-state index contributed by atoms with van der Waals surface area (Å²) in [6.07, 6.45) is 4.59. The standard InChI is InChI=1S/C16H21FO2/c1-10(18)15-5-4-14(8-16(15)17)19-9-13-7-11-2-3-12(13)6-11/h4-5,8,10-13,18H,2-3,6-7,9H2,1H3/t10-,11?,12?,13?/m0/s1. The Kier molecular flexibility index (Phi) is 3.48. The van der Waals surface area contributed by atoms with Crippen LogP contribution < -0.4 is 4.74 Å². The number of benzene rings is 1. The van der Waals surface area contributed by atoms with Crippen LogP contribution in [0.4, 0.5) is 4.39 Å². The van der Waals surface area contributed by atoms with E-state index in [0.717, 1.165) is 11.8 Å². The minimum atomic E-state index is -0.778. The molecule has 2 saturated carbocycles. The van der Waals surface area contributed by atoms with Gasteiger partial charge >= 0.3 is 0 Å². The molecule has 0 aromatic heterocycles. The zero-order valence-electron chi connectivity index (χ0n) is 11.3. The molecule has 104 valence electrons. The van der Waals surface area contributed by atoms with Crippen LogP contribution in [0.15, 0.2) is 18.2 Å². The number of halogens is 1. The summed E-state index contributed by atoms with van der Waals surface area (Å²) < 4.78 is 19.4. The number of fused-ring (bicyclic) bond motifs is 2. The average Bonchev–Trinajstić information content (AvgIpc) is 2.98. The molecule has 2 aliphatic carbocycles. The Bertz CT molecular complexity index is 458. The monoisotopic (exact) mass is 264 g/mol. The summed E-state index contributed by atoms with van der Waals surface area (Å²) in [7, 11) is 0. The van der Waals surface area contributed by atoms with E-state index in [9.17, 15) is 9.50 Å². The molecule has 0 radical (unpaired) electrons. The van der Waals surface area contributed by atoms with Crippen molar-refractivity contribution in [1.82, 2.24) is 0 Å². The van der Waals surface area contributed by atoms with Crippen molar-refractivity contribution in [3.8, 4) is 5.75 Å². The number of hydrogen-bond donors (Lipinski definition) is 1. The highest BCUT2D eigenvalue weighted by atomic mass is 19.1. The average molecular weight is 264 g/mol. The van der Waals surface area contributed by atoms with Gasteiger partial charge in [0, 0.05) is 11.6 Å². The number of ether oxygens (including phenoxy) is 1. The van der Waals surface area contributed by atoms with E-state index in [0.29, 0.717) is 23.8 Å². The van der Waals surface area contributed by atoms with Gasteiger partial charge in [0.05, 0.1) is 12.7 Å². The van der Waals surface area contributed by atoms with Crippen LogP contribution in [-0.4, -0.2) is 11.7 Å². The van der Waals surface area contributed by atoms with Crippen LogP contribution in [0.2, 0.25) is 0 Å². The van der Waals surface area contributed by atoms with Gasteiger partial charge in [-0.2, -0.15) is 0 Å². The van der Waals surface area contributed by atoms with Crippen molar-refractivity contribution in [1.29, 1.82) is 0 Å². The molecule has 1 aromatic rings. The van der Waals surface area contributed by atoms with Gasteiger partial charge < -0.3 is 9.84 Å². The fourth-order valence-corrected chi connectivity index (χ4v) is 3.72. The summed E-state index contributed by atoms with van der Waals surface area (Å²) in [5.74, 6) is 2.57. The van der Waals surface area contributed by atoms with Gasteiger partial charge in [-0.25, -0.2) is 4.39 Å². The van der Waals surface area contributed by atoms with E-state index in [1.54, 1.807) is 19.1 Å². The van der Waals surface area contributed by atoms with Crippen molar-refractivity contribution < 1.29 is 14.2 Å². The lowest BCUT2D eigenvalue weighted by Gasteiger charge is -2.21. The van der Waals surface area contributed by atoms with Gasteiger partial charge in [0.1, 0.15) is 11.6 Å². The normalized spacial score (nSPS) is 30.6. The van der Waals surface area contributed by atoms with Crippen molar-refractivity contribution in [2.75, 3.05) is 6.61 Å². The van der Waals surface area contributed by atoms with Crippen LogP contribution in [0.3, 0.4) is 0 Å². The lowest BCUT2D eigenvalue weighted by Crippen LogP contribution is -2.18. The predicted octanol–water partition coefficient (Wildman–Crippen LogP) is 3.69. The number of hydrogen-bond acceptors (Lipinski definition) is 2. The lowest BCUT2D eigenvalue weighted by atomic mass is 9.89. The minimum absolute atomic E-state index is 0.326. The maximum Gasteiger partial charge on any atom is 0.132 e. The summed E-state index contributed by atoms with van der Waals surface area (Å²) >= 11 is 0. The molecule has 2 nitrogen and oxygen atoms in total. The summed E-state index contributed by atoms with van der Waals surface area (Å²) in [6, 6.07) is 4.74. The quantitative estimate of drug-likeness (QED) is 0.898. The van der Waals surface area contributed by atoms with Gasteiger partial charge in [0.15, 0.2) is 0 Å². The van der Waals surface area contributed by atoms with E-state index in [4.69, 9.17) is 4.74 Å². The molecule has 0 aliphatic heterocycles. The first-order chi connectivity index (χ1) is 9.13. The molecule has 0 spiro atoms. The molecule has 4 atom stereocenters. The summed E-state index contributed by atoms with van der Waals surface area (Å²) in [6.45, 7) is 2.27. The van der Waals surface area contributed by atoms with Crippen LogP contribution >= 0.6 is 0 Å². The smallest absolute Gasteiger partial charge is 0.132 e. The number of rotatable bonds is 4. The Balaban J connectivity index is 1.60. The highest BCUT2D eigenvalue weighted by Gasteiger charge is 2.39. The maximum atomic E-state index is 13.7. The Morgan fingerprint density at radius 3 is 2.79 bits per heavy atom. The molecule has 3 rings (SSSR count). The molecule has 0 amide bonds. The van der Waals surface area contributed by atoms with Gasteiger partial charge in [-0.1, -0.05) is 6.42 Å². The zero-order valence-corrected chi connectivity index (χ0v) is 11.3. The number of aliphatic hydroxyl groups excluding tert-OH is 1. The van der Waals surface area contributed by atoms with Crippen LogP contribution in [0.1, 0.15) is 44.3 Å². The summed E-state index contributed by atoms with van der Waals surface area (Å²) in [5, 5.41) is 9.39. The first kappa shape index (κ1) is 12.9. The molecular weight excluding hydrogens is 243 g/mol. The first-order valence-electron chi connectivity index (χ1n) is 7.24. The second kappa shape index (κ2) is 5.12. The van der Waals surface area contributed by atoms with E-state index in [2.05, 4.69) is 0 Å². The van der Waals surface area contributed by atoms with Gasteiger partial charge in [0.25, 0.3) is 0 Å². The van der Waals surface area contributed by atoms with Crippen molar-refractivity contribution >= 4 is 0 Å². The second-order valence-electron chi connectivity index (χ2n) is 6.11. The van der Waals surface area contributed by atoms with Crippen molar-refractivity contribution in [2.45, 2.75) is 38.7 Å². The van der Waals surface area contributed by atoms with E-state index in [-0.39, 0.29) is 5.82 Å². The van der Waals surface area contributed by atoms with E-state index >= 15 is 0 Å². The second-order valence-corrected chi connectivity index (χ2v) is 6.11. The molecule has 3 heteroatoms. The van der Waals surface area contributed by atoms with Crippen molar-refractivity contribution in [2.24, 2.45) is 17.8 Å². The third kappa shape index (κ3) is 2.62. The summed E-state index contributed by atoms with van der Waals surface area (Å²) in [4.78, 5) is 0. The molecular formula is C16H21FO2. The van der Waals surface area contributed by atoms with Crippen LogP contribution in [0.25, 0.3) is 0 Å². The molecule has 0 saturated heterocycles. The fraction of sp³-hybridized carbons (Fsp3) is 0.625. The van der Waals surface area contributed by atoms with Gasteiger partial charge in [-0.15, -0.1) is 0 Å². The number of aliphatic hydroxyl groups is 1. The summed E-state index contributed by atoms with van der Waals surface area (Å²) in [5.41, 5.74) is 0.326. The molecule has 3 unspecified atom stereocenters. The van der Waals surface area contributed by atoms with Crippen LogP contribution in [0, 0.1) is 23.6 Å². The molecule has 0 heterocycles. The Hall–Kier alpha value is -1.09. The fourth-order valence-electron chi connectivity index (χ4n) is 3.72. The van der Waals surface area contributed by atoms with E-state index in [1.165, 1.54) is 31.7 Å². The first-order valence-corrected chi connectivity index (χ1v) is 7.24. The molecule has 2 aliphatic rings. The topological polar surface area (TPSA) is 29.5 Å². The van der Waals surface area contributed by atoms with Crippen molar-refractivity contribution in [3.05, 3.63) is 29.6 Å². The Morgan fingerprint density at radius 2 is 2.21 bits per heavy atom. The van der Waals surface area contributed by atoms with Crippen LogP contribution in [0.5, 0.6) is 5.75 Å². The predicted molar refractivity (Wildman–Crippen MR) is 71.5 cm³/mol. The van der Waals surface area contributed by atoms with Crippen molar-refractivity contribution in [3.63, 3.8) is 0 Å². The third-order valence-electron chi connectivity index (χ3n) is 4.77. The van der Waals surface area contributed by atoms with E-state index < -0.39 is 6.10 Å². The highest BCUT2D eigenvalue weighted by Crippen LogP contribution is 2.48. The third-order valence-corrected chi connectivity index (χ3v) is 4.77. The molecule has 1 N–H and O–H groups in total. The minimum Gasteiger partial charge on any atom is -0.493 e. The lowest BCUT2D eigenvalue weighted by molar-refractivity contribution is 0.189. The van der Waals surface area contributed by atoms with Gasteiger partial charge in [0.2, 0.25) is 0 Å².